The van der Waals surface area contributed by atoms with Crippen molar-refractivity contribution in [2.45, 2.75) is 55.5 Å². The highest BCUT2D eigenvalue weighted by atomic mass is 35.5. The molecule has 2 aliphatic heterocycles. The van der Waals surface area contributed by atoms with Crippen LogP contribution in [-0.2, 0) is 43.6 Å². The van der Waals surface area contributed by atoms with Crippen molar-refractivity contribution in [1.29, 1.82) is 0 Å². The van der Waals surface area contributed by atoms with Crippen LogP contribution in [0.2, 0.25) is 10.0 Å². The van der Waals surface area contributed by atoms with E-state index in [2.05, 4.69) is 10.1 Å². The third-order valence-electron chi connectivity index (χ3n) is 5.59. The van der Waals surface area contributed by atoms with Gasteiger partial charge in [0.05, 0.1) is 18.4 Å². The minimum absolute atomic E-state index is 0.0532. The summed E-state index contributed by atoms with van der Waals surface area (Å²) in [4.78, 5) is 65.1. The Balaban J connectivity index is 1.68. The number of hydrogen-bond donors (Lipinski definition) is 1. The average molecular weight is 564 g/mol. The van der Waals surface area contributed by atoms with Crippen LogP contribution >= 0.6 is 23.2 Å². The van der Waals surface area contributed by atoms with Crippen LogP contribution in [-0.4, -0.2) is 73.2 Å². The molecule has 0 bridgehead atoms. The molecule has 2 heterocycles. The number of imide groups is 1. The molecule has 36 heavy (non-hydrogen) atoms. The van der Waals surface area contributed by atoms with Crippen molar-refractivity contribution in [2.75, 3.05) is 13.7 Å². The quantitative estimate of drug-likeness (QED) is 0.344. The van der Waals surface area contributed by atoms with Gasteiger partial charge in [0.1, 0.15) is 12.1 Å². The summed E-state index contributed by atoms with van der Waals surface area (Å²) in [6.45, 7) is 0.0532. The number of halogens is 2. The number of benzene rings is 1. The van der Waals surface area contributed by atoms with Crippen LogP contribution in [0.1, 0.15) is 38.5 Å². The second kappa shape index (κ2) is 11.5. The Labute approximate surface area is 216 Å². The lowest BCUT2D eigenvalue weighted by atomic mass is 10.1. The van der Waals surface area contributed by atoms with Crippen molar-refractivity contribution in [2.24, 2.45) is 0 Å². The first kappa shape index (κ1) is 27.8. The van der Waals surface area contributed by atoms with Gasteiger partial charge >= 0.3 is 11.9 Å². The zero-order chi connectivity index (χ0) is 26.6. The summed E-state index contributed by atoms with van der Waals surface area (Å²) in [6.07, 6.45) is -0.293. The monoisotopic (exact) mass is 563 g/mol. The fourth-order valence-corrected chi connectivity index (χ4v) is 6.21. The molecule has 0 aromatic heterocycles. The molecule has 196 valence electrons. The molecule has 1 aromatic rings. The van der Waals surface area contributed by atoms with Crippen LogP contribution in [0.15, 0.2) is 23.1 Å². The summed E-state index contributed by atoms with van der Waals surface area (Å²) in [5, 5.41) is 3.01. The second-order valence-corrected chi connectivity index (χ2v) is 10.8. The number of rotatable bonds is 9. The molecule has 0 spiro atoms. The Morgan fingerprint density at radius 2 is 1.72 bits per heavy atom. The maximum Gasteiger partial charge on any atom is 0.333 e. The van der Waals surface area contributed by atoms with Crippen LogP contribution < -0.4 is 5.32 Å². The summed E-state index contributed by atoms with van der Waals surface area (Å²) in [7, 11) is -3.07. The largest absolute Gasteiger partial charge is 0.467 e. The number of carbonyl (C=O) groups excluding carboxylic acids is 5. The standard InChI is InChI=1S/C21H23Cl2N3O9S/c1-34-21(31)15(4-7-19(29)35-26-17(27)5-6-18(26)28)24-20(30)16-3-2-8-25(16)36(32,33)14-10-12(22)9-13(23)11-14/h9-11,15-16H,2-8H2,1H3,(H,24,30)/t15-,16-/m0/s1. The molecular formula is C21H23Cl2N3O9S. The lowest BCUT2D eigenvalue weighted by Gasteiger charge is -2.25. The minimum Gasteiger partial charge on any atom is -0.467 e. The van der Waals surface area contributed by atoms with Gasteiger partial charge in [-0.3, -0.25) is 14.4 Å². The molecule has 0 radical (unpaired) electrons. The Hall–Kier alpha value is -2.74. The van der Waals surface area contributed by atoms with Crippen LogP contribution in [0.25, 0.3) is 0 Å². The van der Waals surface area contributed by atoms with Crippen molar-refractivity contribution < 1.29 is 42.0 Å². The van der Waals surface area contributed by atoms with Crippen LogP contribution in [0, 0.1) is 0 Å². The van der Waals surface area contributed by atoms with E-state index in [1.54, 1.807) is 0 Å². The van der Waals surface area contributed by atoms with Crippen LogP contribution in [0.3, 0.4) is 0 Å². The molecule has 2 aliphatic rings. The topological polar surface area (TPSA) is 156 Å². The number of esters is 1. The molecule has 2 atom stereocenters. The third-order valence-corrected chi connectivity index (χ3v) is 7.91. The number of hydrogen-bond acceptors (Lipinski definition) is 9. The highest BCUT2D eigenvalue weighted by molar-refractivity contribution is 7.89. The van der Waals surface area contributed by atoms with Crippen molar-refractivity contribution in [3.63, 3.8) is 0 Å². The van der Waals surface area contributed by atoms with Gasteiger partial charge in [-0.2, -0.15) is 4.31 Å². The lowest BCUT2D eigenvalue weighted by Crippen LogP contribution is -2.51. The van der Waals surface area contributed by atoms with Gasteiger partial charge in [0.2, 0.25) is 15.9 Å². The van der Waals surface area contributed by atoms with E-state index in [1.165, 1.54) is 18.2 Å². The number of nitrogens with zero attached hydrogens (tertiary/aromatic N) is 2. The van der Waals surface area contributed by atoms with Gasteiger partial charge in [0.25, 0.3) is 11.8 Å². The molecule has 1 aromatic carbocycles. The maximum atomic E-state index is 13.2. The molecule has 0 unspecified atom stereocenters. The van der Waals surface area contributed by atoms with Gasteiger partial charge in [0, 0.05) is 29.4 Å². The van der Waals surface area contributed by atoms with E-state index in [9.17, 15) is 32.4 Å². The molecule has 1 N–H and O–H groups in total. The normalized spacial score (nSPS) is 19.3. The van der Waals surface area contributed by atoms with Crippen LogP contribution in [0.5, 0.6) is 0 Å². The molecule has 3 amide bonds. The Morgan fingerprint density at radius 3 is 2.31 bits per heavy atom. The molecule has 12 nitrogen and oxygen atoms in total. The van der Waals surface area contributed by atoms with Gasteiger partial charge in [-0.15, -0.1) is 5.06 Å². The number of nitrogens with one attached hydrogen (secondary N) is 1. The Bertz CT molecular complexity index is 1150. The SMILES string of the molecule is COC(=O)[C@H](CCC(=O)ON1C(=O)CCC1=O)NC(=O)[C@@H]1CCCN1S(=O)(=O)c1cc(Cl)cc(Cl)c1. The van der Waals surface area contributed by atoms with E-state index >= 15 is 0 Å². The fraction of sp³-hybridized carbons (Fsp3) is 0.476. The number of hydroxylamine groups is 2. The fourth-order valence-electron chi connectivity index (χ4n) is 3.83. The van der Waals surface area contributed by atoms with E-state index in [0.29, 0.717) is 11.5 Å². The van der Waals surface area contributed by atoms with Crippen molar-refractivity contribution in [3.8, 4) is 0 Å². The van der Waals surface area contributed by atoms with Gasteiger partial charge < -0.3 is 14.9 Å². The van der Waals surface area contributed by atoms with Crippen molar-refractivity contribution in [3.05, 3.63) is 28.2 Å². The smallest absolute Gasteiger partial charge is 0.333 e. The van der Waals surface area contributed by atoms with E-state index in [0.717, 1.165) is 11.4 Å². The number of sulfonamides is 1. The summed E-state index contributed by atoms with van der Waals surface area (Å²) >= 11 is 11.9. The molecule has 2 fully saturated rings. The van der Waals surface area contributed by atoms with Crippen LogP contribution in [0.4, 0.5) is 0 Å². The van der Waals surface area contributed by atoms with E-state index in [-0.39, 0.29) is 47.2 Å². The maximum absolute atomic E-state index is 13.2. The van der Waals surface area contributed by atoms with Crippen molar-refractivity contribution >= 4 is 62.9 Å². The van der Waals surface area contributed by atoms with Crippen molar-refractivity contribution in [1.82, 2.24) is 14.7 Å². The van der Waals surface area contributed by atoms with Gasteiger partial charge in [0.15, 0.2) is 0 Å². The third kappa shape index (κ3) is 6.33. The molecule has 15 heteroatoms. The molecular weight excluding hydrogens is 541 g/mol. The number of amides is 3. The number of methoxy groups -OCH3 is 1. The van der Waals surface area contributed by atoms with E-state index in [4.69, 9.17) is 28.0 Å². The van der Waals surface area contributed by atoms with E-state index < -0.39 is 58.2 Å². The number of ether oxygens (including phenoxy) is 1. The Morgan fingerprint density at radius 1 is 1.11 bits per heavy atom. The van der Waals surface area contributed by atoms with E-state index in [1.807, 2.05) is 0 Å². The lowest BCUT2D eigenvalue weighted by molar-refractivity contribution is -0.197. The highest BCUT2D eigenvalue weighted by Crippen LogP contribution is 2.30. The summed E-state index contributed by atoms with van der Waals surface area (Å²) in [6, 6.07) is 1.36. The predicted octanol–water partition coefficient (Wildman–Crippen LogP) is 1.19. The first-order valence-corrected chi connectivity index (χ1v) is 13.1. The zero-order valence-electron chi connectivity index (χ0n) is 19.1. The predicted molar refractivity (Wildman–Crippen MR) is 124 cm³/mol. The number of carbonyl (C=O) groups is 5. The first-order chi connectivity index (χ1) is 16.9. The summed E-state index contributed by atoms with van der Waals surface area (Å²) in [5.41, 5.74) is 0. The second-order valence-electron chi connectivity index (χ2n) is 8.05. The van der Waals surface area contributed by atoms with Gasteiger partial charge in [-0.05, 0) is 37.5 Å². The average Bonchev–Trinajstić information content (AvgIpc) is 3.44. The molecule has 0 saturated carbocycles. The molecule has 2 saturated heterocycles. The van der Waals surface area contributed by atoms with Gasteiger partial charge in [-0.1, -0.05) is 23.2 Å². The summed E-state index contributed by atoms with van der Waals surface area (Å²) < 4.78 is 32.0. The summed E-state index contributed by atoms with van der Waals surface area (Å²) in [5.74, 6) is -3.93. The molecule has 3 rings (SSSR count). The highest BCUT2D eigenvalue weighted by Gasteiger charge is 2.41. The Kier molecular flexibility index (Phi) is 8.93. The molecule has 0 aliphatic carbocycles. The first-order valence-electron chi connectivity index (χ1n) is 10.9. The zero-order valence-corrected chi connectivity index (χ0v) is 21.4. The van der Waals surface area contributed by atoms with Gasteiger partial charge in [-0.25, -0.2) is 18.0 Å². The minimum atomic E-state index is -4.15.